The van der Waals surface area contributed by atoms with Crippen LogP contribution in [0.25, 0.3) is 0 Å². The first-order chi connectivity index (χ1) is 9.49. The fraction of sp³-hybridized carbons (Fsp3) is 0.571. The third kappa shape index (κ3) is 4.11. The molecule has 1 heterocycles. The molecule has 20 heavy (non-hydrogen) atoms. The maximum absolute atomic E-state index is 12.3. The number of para-hydroxylation sites is 1. The van der Waals surface area contributed by atoms with Crippen LogP contribution in [-0.4, -0.2) is 18.8 Å². The normalized spacial score (nSPS) is 20.1. The molecule has 2 atom stereocenters. The van der Waals surface area contributed by atoms with E-state index in [4.69, 9.17) is 10.6 Å². The van der Waals surface area contributed by atoms with E-state index in [0.717, 1.165) is 17.7 Å². The second-order valence-electron chi connectivity index (χ2n) is 5.13. The molecular weight excluding hydrogens is 269 g/mol. The highest BCUT2D eigenvalue weighted by molar-refractivity contribution is 5.37. The molecule has 112 valence electrons. The zero-order chi connectivity index (χ0) is 14.6. The summed E-state index contributed by atoms with van der Waals surface area (Å²) in [5, 5.41) is 0. The smallest absolute Gasteiger partial charge is 0.389 e. The number of ether oxygens (including phenoxy) is 1. The Morgan fingerprint density at radius 2 is 2.10 bits per heavy atom. The molecule has 0 radical (unpaired) electrons. The molecule has 2 unspecified atom stereocenters. The van der Waals surface area contributed by atoms with Crippen LogP contribution in [0.15, 0.2) is 24.3 Å². The van der Waals surface area contributed by atoms with Crippen molar-refractivity contribution in [3.8, 4) is 5.75 Å². The van der Waals surface area contributed by atoms with E-state index in [1.54, 1.807) is 0 Å². The Kier molecular flexibility index (Phi) is 4.88. The van der Waals surface area contributed by atoms with Crippen LogP contribution >= 0.6 is 0 Å². The van der Waals surface area contributed by atoms with Crippen LogP contribution in [0.2, 0.25) is 0 Å². The van der Waals surface area contributed by atoms with E-state index in [2.05, 4.69) is 5.43 Å². The number of halogens is 3. The van der Waals surface area contributed by atoms with E-state index in [1.165, 1.54) is 0 Å². The number of nitrogens with one attached hydrogen (secondary N) is 1. The minimum absolute atomic E-state index is 0.000472. The second kappa shape index (κ2) is 6.45. The first kappa shape index (κ1) is 15.1. The number of fused-ring (bicyclic) bond motifs is 1. The van der Waals surface area contributed by atoms with E-state index in [0.29, 0.717) is 13.0 Å². The monoisotopic (exact) mass is 288 g/mol. The Balaban J connectivity index is 1.98. The standard InChI is InChI=1S/C14H19F3N2O/c15-14(16,17)7-5-11(19-18)9-10-6-8-20-13-4-2-1-3-12(10)13/h1-4,10-11,19H,5-9,18H2. The second-order valence-corrected chi connectivity index (χ2v) is 5.13. The van der Waals surface area contributed by atoms with Crippen LogP contribution in [0.4, 0.5) is 13.2 Å². The Morgan fingerprint density at radius 3 is 2.80 bits per heavy atom. The van der Waals surface area contributed by atoms with Gasteiger partial charge in [0.2, 0.25) is 0 Å². The van der Waals surface area contributed by atoms with Crippen LogP contribution in [0, 0.1) is 0 Å². The quantitative estimate of drug-likeness (QED) is 0.646. The summed E-state index contributed by atoms with van der Waals surface area (Å²) in [6.07, 6.45) is -3.55. The van der Waals surface area contributed by atoms with Crippen LogP contribution in [0.1, 0.15) is 37.2 Å². The lowest BCUT2D eigenvalue weighted by Crippen LogP contribution is -2.37. The van der Waals surface area contributed by atoms with E-state index < -0.39 is 12.6 Å². The predicted molar refractivity (Wildman–Crippen MR) is 70.3 cm³/mol. The summed E-state index contributed by atoms with van der Waals surface area (Å²) in [6.45, 7) is 0.595. The van der Waals surface area contributed by atoms with Gasteiger partial charge in [0.25, 0.3) is 0 Å². The average Bonchev–Trinajstić information content (AvgIpc) is 2.42. The number of nitrogens with two attached hydrogens (primary N) is 1. The van der Waals surface area contributed by atoms with Gasteiger partial charge in [-0.25, -0.2) is 0 Å². The van der Waals surface area contributed by atoms with E-state index in [9.17, 15) is 13.2 Å². The number of rotatable bonds is 5. The Morgan fingerprint density at radius 1 is 1.35 bits per heavy atom. The van der Waals surface area contributed by atoms with Crippen molar-refractivity contribution in [2.24, 2.45) is 5.84 Å². The van der Waals surface area contributed by atoms with Gasteiger partial charge in [-0.2, -0.15) is 13.2 Å². The fourth-order valence-electron chi connectivity index (χ4n) is 2.61. The minimum atomic E-state index is -4.14. The Labute approximate surface area is 116 Å². The largest absolute Gasteiger partial charge is 0.493 e. The van der Waals surface area contributed by atoms with Crippen LogP contribution < -0.4 is 16.0 Å². The fourth-order valence-corrected chi connectivity index (χ4v) is 2.61. The van der Waals surface area contributed by atoms with Gasteiger partial charge in [0, 0.05) is 12.5 Å². The molecule has 0 saturated carbocycles. The molecule has 0 bridgehead atoms. The number of hydrazine groups is 1. The molecule has 6 heteroatoms. The number of benzene rings is 1. The molecule has 0 spiro atoms. The van der Waals surface area contributed by atoms with Crippen molar-refractivity contribution in [2.45, 2.75) is 43.8 Å². The summed E-state index contributed by atoms with van der Waals surface area (Å²) in [5.74, 6) is 6.41. The van der Waals surface area contributed by atoms with E-state index in [1.807, 2.05) is 24.3 Å². The summed E-state index contributed by atoms with van der Waals surface area (Å²) < 4.78 is 42.4. The van der Waals surface area contributed by atoms with Gasteiger partial charge < -0.3 is 4.74 Å². The lowest BCUT2D eigenvalue weighted by atomic mass is 9.86. The lowest BCUT2D eigenvalue weighted by Gasteiger charge is -2.29. The Bertz CT molecular complexity index is 437. The summed E-state index contributed by atoms with van der Waals surface area (Å²) in [7, 11) is 0. The van der Waals surface area contributed by atoms with Gasteiger partial charge in [0.15, 0.2) is 0 Å². The molecule has 0 amide bonds. The van der Waals surface area contributed by atoms with Gasteiger partial charge in [-0.3, -0.25) is 11.3 Å². The maximum atomic E-state index is 12.3. The molecule has 3 N–H and O–H groups in total. The van der Waals surface area contributed by atoms with Crippen LogP contribution in [0.3, 0.4) is 0 Å². The minimum Gasteiger partial charge on any atom is -0.493 e. The highest BCUT2D eigenvalue weighted by atomic mass is 19.4. The van der Waals surface area contributed by atoms with Crippen LogP contribution in [-0.2, 0) is 0 Å². The van der Waals surface area contributed by atoms with Gasteiger partial charge in [0.05, 0.1) is 6.61 Å². The van der Waals surface area contributed by atoms with Crippen molar-refractivity contribution < 1.29 is 17.9 Å². The number of hydrogen-bond acceptors (Lipinski definition) is 3. The van der Waals surface area contributed by atoms with Crippen molar-refractivity contribution in [1.82, 2.24) is 5.43 Å². The average molecular weight is 288 g/mol. The first-order valence-electron chi connectivity index (χ1n) is 6.74. The van der Waals surface area contributed by atoms with Gasteiger partial charge in [-0.1, -0.05) is 18.2 Å². The molecule has 1 aromatic carbocycles. The molecule has 2 rings (SSSR count). The molecular formula is C14H19F3N2O. The first-order valence-corrected chi connectivity index (χ1v) is 6.74. The molecule has 0 saturated heterocycles. The summed E-state index contributed by atoms with van der Waals surface area (Å²) in [6, 6.07) is 7.33. The molecule has 1 aromatic rings. The lowest BCUT2D eigenvalue weighted by molar-refractivity contribution is -0.136. The maximum Gasteiger partial charge on any atom is 0.389 e. The van der Waals surface area contributed by atoms with Crippen LogP contribution in [0.5, 0.6) is 5.75 Å². The van der Waals surface area contributed by atoms with Gasteiger partial charge in [0.1, 0.15) is 5.75 Å². The Hall–Kier alpha value is -1.27. The highest BCUT2D eigenvalue weighted by Crippen LogP contribution is 2.37. The van der Waals surface area contributed by atoms with Gasteiger partial charge in [-0.05, 0) is 36.8 Å². The van der Waals surface area contributed by atoms with Crippen molar-refractivity contribution in [3.63, 3.8) is 0 Å². The third-order valence-electron chi connectivity index (χ3n) is 3.66. The molecule has 1 aliphatic heterocycles. The van der Waals surface area contributed by atoms with Crippen molar-refractivity contribution in [2.75, 3.05) is 6.61 Å². The molecule has 0 aromatic heterocycles. The molecule has 0 fully saturated rings. The van der Waals surface area contributed by atoms with Crippen molar-refractivity contribution >= 4 is 0 Å². The summed E-state index contributed by atoms with van der Waals surface area (Å²) in [4.78, 5) is 0. The van der Waals surface area contributed by atoms with Gasteiger partial charge >= 0.3 is 6.18 Å². The summed E-state index contributed by atoms with van der Waals surface area (Å²) >= 11 is 0. The molecule has 1 aliphatic rings. The van der Waals surface area contributed by atoms with E-state index in [-0.39, 0.29) is 18.4 Å². The topological polar surface area (TPSA) is 47.3 Å². The van der Waals surface area contributed by atoms with Crippen molar-refractivity contribution in [3.05, 3.63) is 29.8 Å². The van der Waals surface area contributed by atoms with Crippen molar-refractivity contribution in [1.29, 1.82) is 0 Å². The number of alkyl halides is 3. The zero-order valence-electron chi connectivity index (χ0n) is 11.1. The third-order valence-corrected chi connectivity index (χ3v) is 3.66. The SMILES string of the molecule is NNC(CCC(F)(F)F)CC1CCOc2ccccc21. The van der Waals surface area contributed by atoms with Gasteiger partial charge in [-0.15, -0.1) is 0 Å². The molecule has 3 nitrogen and oxygen atoms in total. The predicted octanol–water partition coefficient (Wildman–Crippen LogP) is 3.12. The highest BCUT2D eigenvalue weighted by Gasteiger charge is 2.30. The zero-order valence-corrected chi connectivity index (χ0v) is 11.1. The van der Waals surface area contributed by atoms with E-state index >= 15 is 0 Å². The number of hydrogen-bond donors (Lipinski definition) is 2. The molecule has 0 aliphatic carbocycles. The summed E-state index contributed by atoms with van der Waals surface area (Å²) in [5.41, 5.74) is 3.57.